The first-order valence-electron chi connectivity index (χ1n) is 10.8. The van der Waals surface area contributed by atoms with Crippen LogP contribution in [0.1, 0.15) is 11.3 Å². The highest BCUT2D eigenvalue weighted by molar-refractivity contribution is 6.31. The molecular weight excluding hydrogens is 414 g/mol. The van der Waals surface area contributed by atoms with Gasteiger partial charge in [0.2, 0.25) is 5.95 Å². The molecule has 0 bridgehead atoms. The lowest BCUT2D eigenvalue weighted by molar-refractivity contribution is 0.208. The predicted octanol–water partition coefficient (Wildman–Crippen LogP) is 2.85. The molecule has 2 fully saturated rings. The number of nitrogens with zero attached hydrogens (tertiary/aromatic N) is 6. The predicted molar refractivity (Wildman–Crippen MR) is 125 cm³/mol. The van der Waals surface area contributed by atoms with Crippen molar-refractivity contribution < 1.29 is 4.79 Å². The molecule has 31 heavy (non-hydrogen) atoms. The number of aromatic nitrogens is 2. The number of amides is 2. The van der Waals surface area contributed by atoms with E-state index in [2.05, 4.69) is 38.1 Å². The largest absolute Gasteiger partial charge is 0.354 e. The molecule has 0 radical (unpaired) electrons. The van der Waals surface area contributed by atoms with Gasteiger partial charge in [-0.3, -0.25) is 0 Å². The van der Waals surface area contributed by atoms with E-state index in [-0.39, 0.29) is 6.03 Å². The van der Waals surface area contributed by atoms with Crippen molar-refractivity contribution in [3.8, 4) is 0 Å². The van der Waals surface area contributed by atoms with Crippen molar-refractivity contribution >= 4 is 35.1 Å². The van der Waals surface area contributed by atoms with Crippen LogP contribution in [0, 0.1) is 13.8 Å². The molecular formula is C22H30ClN7O. The second-order valence-electron chi connectivity index (χ2n) is 8.27. The van der Waals surface area contributed by atoms with Gasteiger partial charge < -0.3 is 24.9 Å². The van der Waals surface area contributed by atoms with Crippen molar-refractivity contribution in [2.75, 3.05) is 74.5 Å². The van der Waals surface area contributed by atoms with Gasteiger partial charge in [-0.15, -0.1) is 0 Å². The summed E-state index contributed by atoms with van der Waals surface area (Å²) in [6.07, 6.45) is 0. The van der Waals surface area contributed by atoms with E-state index in [1.807, 2.05) is 36.9 Å². The normalized spacial score (nSPS) is 17.7. The fraction of sp³-hybridized carbons (Fsp3) is 0.500. The Morgan fingerprint density at radius 3 is 2.35 bits per heavy atom. The first-order valence-corrected chi connectivity index (χ1v) is 11.1. The number of likely N-dealkylation sites (N-methyl/N-ethyl adjacent to an activating group) is 1. The van der Waals surface area contributed by atoms with E-state index in [9.17, 15) is 4.79 Å². The lowest BCUT2D eigenvalue weighted by atomic mass is 10.2. The smallest absolute Gasteiger partial charge is 0.321 e. The molecule has 2 aliphatic rings. The van der Waals surface area contributed by atoms with E-state index in [4.69, 9.17) is 16.6 Å². The van der Waals surface area contributed by atoms with E-state index in [1.165, 1.54) is 0 Å². The number of nitrogens with one attached hydrogen (secondary N) is 1. The van der Waals surface area contributed by atoms with Gasteiger partial charge >= 0.3 is 6.03 Å². The zero-order chi connectivity index (χ0) is 22.0. The second kappa shape index (κ2) is 9.28. The van der Waals surface area contributed by atoms with Crippen LogP contribution in [0.15, 0.2) is 24.3 Å². The van der Waals surface area contributed by atoms with Crippen molar-refractivity contribution in [3.05, 3.63) is 40.5 Å². The minimum absolute atomic E-state index is 0.103. The molecule has 1 N–H and O–H groups in total. The Bertz CT molecular complexity index is 937. The molecule has 0 spiro atoms. The molecule has 1 aromatic carbocycles. The molecule has 0 aliphatic carbocycles. The highest BCUT2D eigenvalue weighted by Gasteiger charge is 2.24. The monoisotopic (exact) mass is 443 g/mol. The Kier molecular flexibility index (Phi) is 6.48. The van der Waals surface area contributed by atoms with Gasteiger partial charge in [0.05, 0.1) is 0 Å². The minimum Gasteiger partial charge on any atom is -0.354 e. The molecule has 2 aliphatic heterocycles. The first kappa shape index (κ1) is 21.6. The summed E-state index contributed by atoms with van der Waals surface area (Å²) >= 11 is 6.17. The van der Waals surface area contributed by atoms with Gasteiger partial charge in [0.15, 0.2) is 0 Å². The Labute approximate surface area is 188 Å². The van der Waals surface area contributed by atoms with Crippen LogP contribution >= 0.6 is 11.6 Å². The summed E-state index contributed by atoms with van der Waals surface area (Å²) in [6, 6.07) is 7.49. The zero-order valence-electron chi connectivity index (χ0n) is 18.4. The average Bonchev–Trinajstić information content (AvgIpc) is 2.77. The molecule has 3 heterocycles. The molecule has 0 unspecified atom stereocenters. The molecule has 2 amide bonds. The first-order chi connectivity index (χ1) is 14.9. The summed E-state index contributed by atoms with van der Waals surface area (Å²) in [4.78, 5) is 30.9. The van der Waals surface area contributed by atoms with Gasteiger partial charge in [-0.05, 0) is 38.6 Å². The number of anilines is 3. The highest BCUT2D eigenvalue weighted by Crippen LogP contribution is 2.24. The average molecular weight is 444 g/mol. The van der Waals surface area contributed by atoms with E-state index in [0.29, 0.717) is 31.2 Å². The number of piperazine rings is 2. The van der Waals surface area contributed by atoms with Crippen LogP contribution in [-0.2, 0) is 0 Å². The third-order valence-electron chi connectivity index (χ3n) is 6.02. The second-order valence-corrected chi connectivity index (χ2v) is 8.68. The minimum atomic E-state index is -0.103. The lowest BCUT2D eigenvalue weighted by Gasteiger charge is -2.36. The maximum atomic E-state index is 12.7. The molecule has 2 saturated heterocycles. The SMILES string of the molecule is Cc1cc(N2CCN(C)CC2)nc(N2CCN(C(=O)Nc3cccc(Cl)c3C)CC2)n1. The van der Waals surface area contributed by atoms with Crippen LogP contribution < -0.4 is 15.1 Å². The Hall–Kier alpha value is -2.58. The molecule has 1 aromatic heterocycles. The van der Waals surface area contributed by atoms with Gasteiger partial charge in [0.25, 0.3) is 0 Å². The van der Waals surface area contributed by atoms with Crippen molar-refractivity contribution in [1.29, 1.82) is 0 Å². The topological polar surface area (TPSA) is 67.8 Å². The molecule has 0 saturated carbocycles. The van der Waals surface area contributed by atoms with Crippen molar-refractivity contribution in [2.24, 2.45) is 0 Å². The van der Waals surface area contributed by atoms with Crippen molar-refractivity contribution in [1.82, 2.24) is 19.8 Å². The van der Waals surface area contributed by atoms with E-state index in [1.54, 1.807) is 0 Å². The van der Waals surface area contributed by atoms with Crippen LogP contribution in [0.4, 0.5) is 22.2 Å². The molecule has 2 aromatic rings. The van der Waals surface area contributed by atoms with Crippen LogP contribution in [0.5, 0.6) is 0 Å². The number of rotatable bonds is 3. The number of urea groups is 1. The number of carbonyl (C=O) groups is 1. The standard InChI is InChI=1S/C22H30ClN7O/c1-16-15-20(28-9-7-27(3)8-10-28)26-21(24-16)29-11-13-30(14-12-29)22(31)25-19-6-4-5-18(23)17(19)2/h4-6,15H,7-14H2,1-3H3,(H,25,31). The van der Waals surface area contributed by atoms with E-state index in [0.717, 1.165) is 54.9 Å². The van der Waals surface area contributed by atoms with Crippen LogP contribution in [0.2, 0.25) is 5.02 Å². The number of aryl methyl sites for hydroxylation is 1. The van der Waals surface area contributed by atoms with Crippen LogP contribution in [0.25, 0.3) is 0 Å². The quantitative estimate of drug-likeness (QED) is 0.786. The number of hydrogen-bond acceptors (Lipinski definition) is 6. The fourth-order valence-electron chi connectivity index (χ4n) is 3.92. The van der Waals surface area contributed by atoms with Gasteiger partial charge in [-0.2, -0.15) is 4.98 Å². The Balaban J connectivity index is 1.38. The number of carbonyl (C=O) groups excluding carboxylic acids is 1. The number of hydrogen-bond donors (Lipinski definition) is 1. The van der Waals surface area contributed by atoms with Crippen LogP contribution in [0.3, 0.4) is 0 Å². The lowest BCUT2D eigenvalue weighted by Crippen LogP contribution is -2.50. The summed E-state index contributed by atoms with van der Waals surface area (Å²) in [5.74, 6) is 1.74. The van der Waals surface area contributed by atoms with E-state index < -0.39 is 0 Å². The summed E-state index contributed by atoms with van der Waals surface area (Å²) in [5.41, 5.74) is 2.59. The number of halogens is 1. The summed E-state index contributed by atoms with van der Waals surface area (Å²) in [7, 11) is 2.15. The maximum absolute atomic E-state index is 12.7. The molecule has 4 rings (SSSR count). The van der Waals surface area contributed by atoms with Crippen molar-refractivity contribution in [2.45, 2.75) is 13.8 Å². The van der Waals surface area contributed by atoms with Crippen molar-refractivity contribution in [3.63, 3.8) is 0 Å². The zero-order valence-corrected chi connectivity index (χ0v) is 19.2. The highest BCUT2D eigenvalue weighted by atomic mass is 35.5. The molecule has 8 nitrogen and oxygen atoms in total. The third-order valence-corrected chi connectivity index (χ3v) is 6.42. The molecule has 166 valence electrons. The third kappa shape index (κ3) is 5.02. The van der Waals surface area contributed by atoms with Gasteiger partial charge in [0, 0.05) is 74.8 Å². The summed E-state index contributed by atoms with van der Waals surface area (Å²) in [6.45, 7) is 10.6. The van der Waals surface area contributed by atoms with Gasteiger partial charge in [-0.25, -0.2) is 9.78 Å². The summed E-state index contributed by atoms with van der Waals surface area (Å²) < 4.78 is 0. The van der Waals surface area contributed by atoms with Gasteiger partial charge in [-0.1, -0.05) is 17.7 Å². The Morgan fingerprint density at radius 1 is 0.968 bits per heavy atom. The Morgan fingerprint density at radius 2 is 1.65 bits per heavy atom. The molecule has 0 atom stereocenters. The summed E-state index contributed by atoms with van der Waals surface area (Å²) in [5, 5.41) is 3.63. The number of benzene rings is 1. The van der Waals surface area contributed by atoms with Crippen LogP contribution in [-0.4, -0.2) is 85.2 Å². The van der Waals surface area contributed by atoms with E-state index >= 15 is 0 Å². The van der Waals surface area contributed by atoms with Gasteiger partial charge in [0.1, 0.15) is 5.82 Å². The molecule has 9 heteroatoms. The fourth-order valence-corrected chi connectivity index (χ4v) is 4.10. The maximum Gasteiger partial charge on any atom is 0.321 e.